The first-order chi connectivity index (χ1) is 15.5. The summed E-state index contributed by atoms with van der Waals surface area (Å²) in [5.41, 5.74) is 1.81. The second-order valence-electron chi connectivity index (χ2n) is 8.64. The predicted molar refractivity (Wildman–Crippen MR) is 118 cm³/mol. The number of halogens is 1. The van der Waals surface area contributed by atoms with Gasteiger partial charge in [-0.1, -0.05) is 24.3 Å². The van der Waals surface area contributed by atoms with Crippen molar-refractivity contribution in [3.63, 3.8) is 0 Å². The number of carbonyl (C=O) groups excluding carboxylic acids is 3. The molecule has 0 radical (unpaired) electrons. The van der Waals surface area contributed by atoms with Gasteiger partial charge < -0.3 is 15.5 Å². The smallest absolute Gasteiger partial charge is 0.325 e. The van der Waals surface area contributed by atoms with Crippen molar-refractivity contribution in [1.82, 2.24) is 10.2 Å². The average Bonchev–Trinajstić information content (AvgIpc) is 3.28. The molecule has 1 aliphatic carbocycles. The zero-order chi connectivity index (χ0) is 22.3. The van der Waals surface area contributed by atoms with E-state index in [1.807, 2.05) is 24.3 Å². The van der Waals surface area contributed by atoms with Crippen LogP contribution >= 0.6 is 0 Å². The lowest BCUT2D eigenvalue weighted by molar-refractivity contribution is -0.134. The number of carbonyl (C=O) groups is 3. The summed E-state index contributed by atoms with van der Waals surface area (Å²) >= 11 is 0. The van der Waals surface area contributed by atoms with Gasteiger partial charge in [0.05, 0.1) is 11.4 Å². The van der Waals surface area contributed by atoms with E-state index in [9.17, 15) is 18.8 Å². The van der Waals surface area contributed by atoms with Crippen molar-refractivity contribution in [2.24, 2.45) is 0 Å². The van der Waals surface area contributed by atoms with Gasteiger partial charge in [0, 0.05) is 13.1 Å². The summed E-state index contributed by atoms with van der Waals surface area (Å²) in [7, 11) is 0. The van der Waals surface area contributed by atoms with Crippen LogP contribution in [0.3, 0.4) is 0 Å². The van der Waals surface area contributed by atoms with Crippen molar-refractivity contribution >= 4 is 29.2 Å². The lowest BCUT2D eigenvalue weighted by Crippen LogP contribution is -2.43. The minimum absolute atomic E-state index is 0.352. The van der Waals surface area contributed by atoms with Gasteiger partial charge in [-0.25, -0.2) is 9.18 Å². The highest BCUT2D eigenvalue weighted by Gasteiger charge is 2.55. The summed E-state index contributed by atoms with van der Waals surface area (Å²) in [6, 6.07) is 11.3. The van der Waals surface area contributed by atoms with E-state index in [-0.39, 0.29) is 0 Å². The summed E-state index contributed by atoms with van der Waals surface area (Å²) in [6.07, 6.45) is 4.38. The Bertz CT molecular complexity index is 1100. The van der Waals surface area contributed by atoms with Crippen LogP contribution in [0.2, 0.25) is 0 Å². The Balaban J connectivity index is 1.34. The molecule has 2 fully saturated rings. The lowest BCUT2D eigenvalue weighted by atomic mass is 9.92. The molecule has 166 valence electrons. The summed E-state index contributed by atoms with van der Waals surface area (Å²) in [4.78, 5) is 41.8. The third-order valence-corrected chi connectivity index (χ3v) is 6.65. The Morgan fingerprint density at radius 1 is 1.09 bits per heavy atom. The van der Waals surface area contributed by atoms with Crippen LogP contribution in [0.15, 0.2) is 42.5 Å². The Morgan fingerprint density at radius 2 is 1.88 bits per heavy atom. The molecule has 4 amide bonds. The molecule has 5 rings (SSSR count). The van der Waals surface area contributed by atoms with Gasteiger partial charge in [0.25, 0.3) is 5.91 Å². The molecular weight excluding hydrogens is 411 g/mol. The average molecular weight is 436 g/mol. The normalized spacial score (nSPS) is 22.3. The molecule has 0 aromatic heterocycles. The van der Waals surface area contributed by atoms with Crippen LogP contribution in [-0.2, 0) is 21.5 Å². The topological polar surface area (TPSA) is 81.8 Å². The molecule has 2 saturated heterocycles. The van der Waals surface area contributed by atoms with Gasteiger partial charge in [0.2, 0.25) is 5.91 Å². The van der Waals surface area contributed by atoms with Gasteiger partial charge in [-0.2, -0.15) is 0 Å². The Labute approximate surface area is 185 Å². The Morgan fingerprint density at radius 3 is 2.69 bits per heavy atom. The molecule has 1 unspecified atom stereocenters. The minimum Gasteiger partial charge on any atom is -0.370 e. The van der Waals surface area contributed by atoms with Crippen LogP contribution in [0.4, 0.5) is 20.6 Å². The van der Waals surface area contributed by atoms with E-state index in [4.69, 9.17) is 0 Å². The zero-order valence-electron chi connectivity index (χ0n) is 17.7. The molecule has 2 aromatic rings. The first kappa shape index (κ1) is 20.5. The Kier molecular flexibility index (Phi) is 5.07. The highest BCUT2D eigenvalue weighted by molar-refractivity contribution is 6.11. The molecule has 3 aliphatic rings. The van der Waals surface area contributed by atoms with Crippen LogP contribution in [-0.4, -0.2) is 42.4 Å². The quantitative estimate of drug-likeness (QED) is 0.722. The van der Waals surface area contributed by atoms with Gasteiger partial charge in [-0.3, -0.25) is 14.5 Å². The fourth-order valence-corrected chi connectivity index (χ4v) is 5.09. The molecule has 0 bridgehead atoms. The first-order valence-electron chi connectivity index (χ1n) is 11.0. The molecule has 2 N–H and O–H groups in total. The van der Waals surface area contributed by atoms with Crippen LogP contribution in [0.25, 0.3) is 0 Å². The van der Waals surface area contributed by atoms with Crippen molar-refractivity contribution in [3.05, 3.63) is 59.4 Å². The lowest BCUT2D eigenvalue weighted by Gasteiger charge is -2.30. The molecule has 1 atom stereocenters. The first-order valence-corrected chi connectivity index (χ1v) is 11.0. The van der Waals surface area contributed by atoms with Crippen molar-refractivity contribution in [3.8, 4) is 0 Å². The molecule has 2 heterocycles. The number of urea groups is 1. The number of amides is 4. The van der Waals surface area contributed by atoms with Crippen LogP contribution in [0, 0.1) is 5.82 Å². The van der Waals surface area contributed by atoms with Crippen molar-refractivity contribution in [2.75, 3.05) is 29.9 Å². The molecule has 0 saturated carbocycles. The van der Waals surface area contributed by atoms with Gasteiger partial charge in [-0.15, -0.1) is 0 Å². The summed E-state index contributed by atoms with van der Waals surface area (Å²) in [5.74, 6) is -1.42. The van der Waals surface area contributed by atoms with Gasteiger partial charge >= 0.3 is 6.03 Å². The summed E-state index contributed by atoms with van der Waals surface area (Å²) in [6.45, 7) is 1.25. The summed E-state index contributed by atoms with van der Waals surface area (Å²) < 4.78 is 13.9. The fraction of sp³-hybridized carbons (Fsp3) is 0.375. The van der Waals surface area contributed by atoms with Crippen LogP contribution < -0.4 is 15.5 Å². The number of aryl methyl sites for hydroxylation is 1. The van der Waals surface area contributed by atoms with Crippen LogP contribution in [0.5, 0.6) is 0 Å². The minimum atomic E-state index is -1.11. The third kappa shape index (κ3) is 3.39. The second-order valence-corrected chi connectivity index (χ2v) is 8.64. The van der Waals surface area contributed by atoms with E-state index < -0.39 is 35.7 Å². The monoisotopic (exact) mass is 436 g/mol. The van der Waals surface area contributed by atoms with E-state index >= 15 is 0 Å². The SMILES string of the molecule is O=C(CN1C(=O)NC2(CCc3ccccc32)C1=O)Nc1cc(F)ccc1N1CCCCC1. The number of imide groups is 1. The van der Waals surface area contributed by atoms with E-state index in [2.05, 4.69) is 15.5 Å². The van der Waals surface area contributed by atoms with E-state index in [0.717, 1.165) is 54.1 Å². The number of hydrogen-bond acceptors (Lipinski definition) is 4. The maximum Gasteiger partial charge on any atom is 0.325 e. The number of nitrogens with zero attached hydrogens (tertiary/aromatic N) is 2. The Hall–Kier alpha value is -3.42. The number of hydrogen-bond donors (Lipinski definition) is 2. The number of anilines is 2. The molecule has 2 aliphatic heterocycles. The number of nitrogens with one attached hydrogen (secondary N) is 2. The number of piperidine rings is 1. The summed E-state index contributed by atoms with van der Waals surface area (Å²) in [5, 5.41) is 5.54. The van der Waals surface area contributed by atoms with Crippen molar-refractivity contribution < 1.29 is 18.8 Å². The van der Waals surface area contributed by atoms with Gasteiger partial charge in [0.1, 0.15) is 17.9 Å². The van der Waals surface area contributed by atoms with Crippen molar-refractivity contribution in [2.45, 2.75) is 37.6 Å². The number of fused-ring (bicyclic) bond motifs is 2. The maximum atomic E-state index is 13.9. The highest BCUT2D eigenvalue weighted by Crippen LogP contribution is 2.41. The van der Waals surface area contributed by atoms with E-state index in [1.54, 1.807) is 6.07 Å². The van der Waals surface area contributed by atoms with Gasteiger partial charge in [0.15, 0.2) is 0 Å². The van der Waals surface area contributed by atoms with Crippen molar-refractivity contribution in [1.29, 1.82) is 0 Å². The second kappa shape index (κ2) is 7.93. The predicted octanol–water partition coefficient (Wildman–Crippen LogP) is 3.15. The molecule has 8 heteroatoms. The number of benzene rings is 2. The zero-order valence-corrected chi connectivity index (χ0v) is 17.7. The van der Waals surface area contributed by atoms with E-state index in [0.29, 0.717) is 18.5 Å². The van der Waals surface area contributed by atoms with Crippen LogP contribution in [0.1, 0.15) is 36.8 Å². The molecule has 2 aromatic carbocycles. The number of rotatable bonds is 4. The molecule has 1 spiro atoms. The molecular formula is C24H25FN4O3. The fourth-order valence-electron chi connectivity index (χ4n) is 5.09. The standard InChI is InChI=1S/C24H25FN4O3/c25-17-8-9-20(28-12-4-1-5-13-28)19(14-17)26-21(30)15-29-22(31)24(27-23(29)32)11-10-16-6-2-3-7-18(16)24/h2-3,6-9,14H,1,4-5,10-13,15H2,(H,26,30)(H,27,32). The molecule has 32 heavy (non-hydrogen) atoms. The largest absolute Gasteiger partial charge is 0.370 e. The maximum absolute atomic E-state index is 13.9. The third-order valence-electron chi connectivity index (χ3n) is 6.65. The molecule has 7 nitrogen and oxygen atoms in total. The highest BCUT2D eigenvalue weighted by atomic mass is 19.1. The van der Waals surface area contributed by atoms with Gasteiger partial charge in [-0.05, 0) is 61.4 Å². The van der Waals surface area contributed by atoms with E-state index in [1.165, 1.54) is 12.1 Å².